The van der Waals surface area contributed by atoms with Crippen molar-refractivity contribution in [3.8, 4) is 5.75 Å². The normalized spacial score (nSPS) is 11.3. The minimum absolute atomic E-state index is 0.729. The van der Waals surface area contributed by atoms with E-state index in [4.69, 9.17) is 4.74 Å². The van der Waals surface area contributed by atoms with E-state index in [9.17, 15) is 0 Å². The molecule has 0 bridgehead atoms. The number of rotatable bonds is 14. The Hall–Kier alpha value is -2.31. The summed E-state index contributed by atoms with van der Waals surface area (Å²) in [6, 6.07) is 27.8. The Morgan fingerprint density at radius 2 is 1.48 bits per heavy atom. The largest absolute Gasteiger partial charge is 0.492 e. The first-order valence-corrected chi connectivity index (χ1v) is 12.6. The van der Waals surface area contributed by atoms with Crippen LogP contribution in [0.5, 0.6) is 5.75 Å². The highest BCUT2D eigenvalue weighted by molar-refractivity contribution is 7.97. The van der Waals surface area contributed by atoms with Crippen LogP contribution in [0.3, 0.4) is 0 Å². The number of hydrogen-bond acceptors (Lipinski definition) is 5. The molecule has 0 atom stereocenters. The molecule has 1 N–H and O–H groups in total. The molecule has 4 nitrogen and oxygen atoms in total. The van der Waals surface area contributed by atoms with Gasteiger partial charge < -0.3 is 15.0 Å². The number of benzene rings is 3. The third-order valence-corrected chi connectivity index (χ3v) is 6.47. The zero-order chi connectivity index (χ0) is 23.3. The molecule has 0 aliphatic carbocycles. The van der Waals surface area contributed by atoms with Crippen LogP contribution in [0.1, 0.15) is 30.5 Å². The molecule has 3 aromatic rings. The van der Waals surface area contributed by atoms with Crippen LogP contribution in [0.15, 0.2) is 83.8 Å². The summed E-state index contributed by atoms with van der Waals surface area (Å²) in [6.45, 7) is 10.8. The van der Waals surface area contributed by atoms with E-state index in [1.54, 1.807) is 11.9 Å². The van der Waals surface area contributed by atoms with Gasteiger partial charge in [0.05, 0.1) is 0 Å². The molecule has 0 radical (unpaired) electrons. The van der Waals surface area contributed by atoms with Gasteiger partial charge in [-0.2, -0.15) is 0 Å². The Bertz CT molecular complexity index is 929. The van der Waals surface area contributed by atoms with Crippen LogP contribution in [0.4, 0.5) is 0 Å². The summed E-state index contributed by atoms with van der Waals surface area (Å²) in [5.41, 5.74) is 3.89. The highest BCUT2D eigenvalue weighted by Crippen LogP contribution is 2.24. The first-order chi connectivity index (χ1) is 16.2. The van der Waals surface area contributed by atoms with Gasteiger partial charge >= 0.3 is 0 Å². The Morgan fingerprint density at radius 3 is 2.21 bits per heavy atom. The monoisotopic (exact) mass is 463 g/mol. The number of hydrogen-bond donors (Lipinski definition) is 1. The summed E-state index contributed by atoms with van der Waals surface area (Å²) in [5.74, 6) is 0.942. The van der Waals surface area contributed by atoms with E-state index >= 15 is 0 Å². The van der Waals surface area contributed by atoms with Crippen molar-refractivity contribution in [1.29, 1.82) is 0 Å². The zero-order valence-electron chi connectivity index (χ0n) is 20.2. The first kappa shape index (κ1) is 25.3. The maximum absolute atomic E-state index is 5.90. The summed E-state index contributed by atoms with van der Waals surface area (Å²) < 4.78 is 8.17. The SMILES string of the molecule is CCN(CC)CCOc1ccc(CN(C)Sc2cccc(CNCc3ccccc3)c2)cc1. The van der Waals surface area contributed by atoms with Gasteiger partial charge in [0, 0.05) is 31.1 Å². The van der Waals surface area contributed by atoms with E-state index in [-0.39, 0.29) is 0 Å². The van der Waals surface area contributed by atoms with Crippen LogP contribution in [0.2, 0.25) is 0 Å². The van der Waals surface area contributed by atoms with E-state index in [2.05, 4.69) is 114 Å². The van der Waals surface area contributed by atoms with Gasteiger partial charge in [-0.15, -0.1) is 0 Å². The average Bonchev–Trinajstić information content (AvgIpc) is 2.84. The Morgan fingerprint density at radius 1 is 0.788 bits per heavy atom. The number of likely N-dealkylation sites (N-methyl/N-ethyl adjacent to an activating group) is 1. The van der Waals surface area contributed by atoms with Crippen molar-refractivity contribution in [2.45, 2.75) is 38.4 Å². The van der Waals surface area contributed by atoms with Crippen molar-refractivity contribution in [3.05, 3.63) is 95.6 Å². The third kappa shape index (κ3) is 9.22. The first-order valence-electron chi connectivity index (χ1n) is 11.8. The van der Waals surface area contributed by atoms with Crippen LogP contribution in [0.25, 0.3) is 0 Å². The van der Waals surface area contributed by atoms with E-state index in [0.29, 0.717) is 0 Å². The van der Waals surface area contributed by atoms with Gasteiger partial charge in [-0.1, -0.05) is 68.4 Å². The number of nitrogens with zero attached hydrogens (tertiary/aromatic N) is 2. The van der Waals surface area contributed by atoms with Crippen LogP contribution >= 0.6 is 11.9 Å². The van der Waals surface area contributed by atoms with Crippen LogP contribution in [-0.4, -0.2) is 42.5 Å². The molecule has 0 saturated heterocycles. The maximum atomic E-state index is 5.90. The minimum atomic E-state index is 0.729. The number of nitrogens with one attached hydrogen (secondary N) is 1. The molecular formula is C28H37N3OS. The summed E-state index contributed by atoms with van der Waals surface area (Å²) in [4.78, 5) is 3.63. The van der Waals surface area contributed by atoms with Gasteiger partial charge in [-0.3, -0.25) is 0 Å². The van der Waals surface area contributed by atoms with Crippen LogP contribution in [0, 0.1) is 0 Å². The molecule has 5 heteroatoms. The molecule has 0 spiro atoms. The van der Waals surface area contributed by atoms with E-state index in [0.717, 1.165) is 51.6 Å². The molecule has 3 rings (SSSR count). The topological polar surface area (TPSA) is 27.7 Å². The second kappa shape index (κ2) is 14.1. The lowest BCUT2D eigenvalue weighted by Gasteiger charge is -2.18. The molecule has 0 heterocycles. The molecule has 0 aliphatic heterocycles. The molecule has 3 aromatic carbocycles. The Labute approximate surface area is 204 Å². The smallest absolute Gasteiger partial charge is 0.119 e. The predicted octanol–water partition coefficient (Wildman–Crippen LogP) is 5.84. The van der Waals surface area contributed by atoms with Gasteiger partial charge in [0.15, 0.2) is 0 Å². The zero-order valence-corrected chi connectivity index (χ0v) is 21.0. The fourth-order valence-electron chi connectivity index (χ4n) is 3.65. The highest BCUT2D eigenvalue weighted by atomic mass is 32.2. The van der Waals surface area contributed by atoms with Crippen molar-refractivity contribution >= 4 is 11.9 Å². The molecule has 0 unspecified atom stereocenters. The van der Waals surface area contributed by atoms with Gasteiger partial charge in [0.1, 0.15) is 12.4 Å². The molecule has 0 aromatic heterocycles. The van der Waals surface area contributed by atoms with Gasteiger partial charge in [-0.05, 0) is 73.0 Å². The third-order valence-electron chi connectivity index (χ3n) is 5.56. The lowest BCUT2D eigenvalue weighted by Crippen LogP contribution is -2.27. The molecule has 0 amide bonds. The summed E-state index contributed by atoms with van der Waals surface area (Å²) in [7, 11) is 2.14. The molecule has 0 saturated carbocycles. The average molecular weight is 464 g/mol. The van der Waals surface area contributed by atoms with Crippen molar-refractivity contribution in [2.75, 3.05) is 33.3 Å². The maximum Gasteiger partial charge on any atom is 0.119 e. The van der Waals surface area contributed by atoms with Crippen molar-refractivity contribution in [3.63, 3.8) is 0 Å². The Balaban J connectivity index is 1.42. The van der Waals surface area contributed by atoms with Gasteiger partial charge in [0.25, 0.3) is 0 Å². The van der Waals surface area contributed by atoms with Crippen LogP contribution < -0.4 is 10.1 Å². The van der Waals surface area contributed by atoms with E-state index in [1.807, 2.05) is 0 Å². The van der Waals surface area contributed by atoms with Crippen molar-refractivity contribution in [2.24, 2.45) is 0 Å². The lowest BCUT2D eigenvalue weighted by atomic mass is 10.2. The lowest BCUT2D eigenvalue weighted by molar-refractivity contribution is 0.223. The van der Waals surface area contributed by atoms with Gasteiger partial charge in [0.2, 0.25) is 0 Å². The molecule has 33 heavy (non-hydrogen) atoms. The fraction of sp³-hybridized carbons (Fsp3) is 0.357. The summed E-state index contributed by atoms with van der Waals surface area (Å²) in [5, 5.41) is 3.53. The van der Waals surface area contributed by atoms with Crippen molar-refractivity contribution in [1.82, 2.24) is 14.5 Å². The minimum Gasteiger partial charge on any atom is -0.492 e. The quantitative estimate of drug-likeness (QED) is 0.303. The van der Waals surface area contributed by atoms with Crippen molar-refractivity contribution < 1.29 is 4.74 Å². The second-order valence-corrected chi connectivity index (χ2v) is 9.41. The van der Waals surface area contributed by atoms with Gasteiger partial charge in [-0.25, -0.2) is 4.31 Å². The van der Waals surface area contributed by atoms with E-state index < -0.39 is 0 Å². The molecule has 176 valence electrons. The molecule has 0 fully saturated rings. The van der Waals surface area contributed by atoms with Crippen LogP contribution in [-0.2, 0) is 19.6 Å². The summed E-state index contributed by atoms with van der Waals surface area (Å²) >= 11 is 1.78. The second-order valence-electron chi connectivity index (χ2n) is 8.13. The Kier molecular flexibility index (Phi) is 10.8. The highest BCUT2D eigenvalue weighted by Gasteiger charge is 2.05. The van der Waals surface area contributed by atoms with E-state index in [1.165, 1.54) is 21.6 Å². The summed E-state index contributed by atoms with van der Waals surface area (Å²) in [6.07, 6.45) is 0. The fourth-order valence-corrected chi connectivity index (χ4v) is 4.57. The molecular weight excluding hydrogens is 426 g/mol. The standard InChI is InChI=1S/C28H37N3OS/c1-4-31(5-2)18-19-32-27-16-14-25(15-17-27)23-30(3)33-28-13-9-12-26(20-28)22-29-21-24-10-7-6-8-11-24/h6-17,20,29H,4-5,18-19,21-23H2,1-3H3. The number of ether oxygens (including phenoxy) is 1. The molecule has 0 aliphatic rings. The predicted molar refractivity (Wildman–Crippen MR) is 140 cm³/mol.